The Balaban J connectivity index is 1.44. The molecule has 3 aromatic rings. The third kappa shape index (κ3) is 4.81. The van der Waals surface area contributed by atoms with Crippen molar-refractivity contribution in [1.82, 2.24) is 15.2 Å². The fourth-order valence-electron chi connectivity index (χ4n) is 2.20. The van der Waals surface area contributed by atoms with Crippen LogP contribution in [-0.4, -0.2) is 21.7 Å². The molecule has 118 valence electrons. The molecule has 6 heteroatoms. The van der Waals surface area contributed by atoms with Crippen molar-refractivity contribution >= 4 is 11.8 Å². The summed E-state index contributed by atoms with van der Waals surface area (Å²) in [6, 6.07) is 14.2. The summed E-state index contributed by atoms with van der Waals surface area (Å²) in [5.41, 5.74) is 1.34. The Morgan fingerprint density at radius 3 is 2.74 bits per heavy atom. The number of hydrogen-bond donors (Lipinski definition) is 2. The summed E-state index contributed by atoms with van der Waals surface area (Å²) in [7, 11) is 0. The Labute approximate surface area is 135 Å². The van der Waals surface area contributed by atoms with Gasteiger partial charge in [-0.05, 0) is 30.5 Å². The van der Waals surface area contributed by atoms with Crippen LogP contribution in [0.1, 0.15) is 17.7 Å². The van der Waals surface area contributed by atoms with Crippen molar-refractivity contribution in [2.45, 2.75) is 19.4 Å². The highest BCUT2D eigenvalue weighted by Crippen LogP contribution is 2.07. The van der Waals surface area contributed by atoms with Gasteiger partial charge in [0.2, 0.25) is 5.95 Å². The molecule has 6 nitrogen and oxygen atoms in total. The average Bonchev–Trinajstić information content (AvgIpc) is 3.12. The Kier molecular flexibility index (Phi) is 5.18. The molecule has 0 bridgehead atoms. The van der Waals surface area contributed by atoms with Gasteiger partial charge in [0.25, 0.3) is 0 Å². The zero-order valence-electron chi connectivity index (χ0n) is 12.8. The molecule has 0 aliphatic rings. The summed E-state index contributed by atoms with van der Waals surface area (Å²) in [4.78, 5) is 4.38. The fraction of sp³-hybridized carbons (Fsp3) is 0.235. The second kappa shape index (κ2) is 7.93. The van der Waals surface area contributed by atoms with Crippen molar-refractivity contribution in [3.05, 3.63) is 66.2 Å². The van der Waals surface area contributed by atoms with E-state index in [9.17, 15) is 0 Å². The summed E-state index contributed by atoms with van der Waals surface area (Å²) >= 11 is 0. The first-order valence-corrected chi connectivity index (χ1v) is 7.64. The van der Waals surface area contributed by atoms with Gasteiger partial charge in [0.1, 0.15) is 11.6 Å². The molecule has 0 aliphatic heterocycles. The number of anilines is 2. The smallest absolute Gasteiger partial charge is 0.245 e. The third-order valence-electron chi connectivity index (χ3n) is 3.35. The van der Waals surface area contributed by atoms with E-state index in [-0.39, 0.29) is 0 Å². The molecule has 0 radical (unpaired) electrons. The normalized spacial score (nSPS) is 10.4. The minimum atomic E-state index is 0.481. The predicted octanol–water partition coefficient (Wildman–Crippen LogP) is 3.12. The van der Waals surface area contributed by atoms with Gasteiger partial charge in [-0.1, -0.05) is 30.3 Å². The molecule has 0 unspecified atom stereocenters. The molecule has 0 amide bonds. The molecular weight excluding hydrogens is 290 g/mol. The molecule has 0 spiro atoms. The lowest BCUT2D eigenvalue weighted by Gasteiger charge is -2.07. The van der Waals surface area contributed by atoms with Crippen molar-refractivity contribution in [3.8, 4) is 0 Å². The lowest BCUT2D eigenvalue weighted by Crippen LogP contribution is -2.09. The standard InChI is InChI=1S/C17H19N5O/c1-2-6-14(7-3-1)8-4-10-18-16-13-20-22-17(21-16)19-12-15-9-5-11-23-15/h1-3,5-7,9,11,13H,4,8,10,12H2,(H2,18,19,21,22). The van der Waals surface area contributed by atoms with Crippen molar-refractivity contribution in [2.24, 2.45) is 0 Å². The van der Waals surface area contributed by atoms with Crippen LogP contribution in [0.15, 0.2) is 59.3 Å². The molecule has 0 atom stereocenters. The van der Waals surface area contributed by atoms with Crippen molar-refractivity contribution in [2.75, 3.05) is 17.2 Å². The monoisotopic (exact) mass is 309 g/mol. The zero-order valence-corrected chi connectivity index (χ0v) is 12.8. The van der Waals surface area contributed by atoms with E-state index >= 15 is 0 Å². The molecule has 23 heavy (non-hydrogen) atoms. The summed E-state index contributed by atoms with van der Waals surface area (Å²) in [5.74, 6) is 2.03. The summed E-state index contributed by atoms with van der Waals surface area (Å²) in [5, 5.41) is 14.3. The van der Waals surface area contributed by atoms with Crippen LogP contribution in [0.25, 0.3) is 0 Å². The molecular formula is C17H19N5O. The van der Waals surface area contributed by atoms with E-state index in [0.717, 1.165) is 31.0 Å². The molecule has 2 heterocycles. The fourth-order valence-corrected chi connectivity index (χ4v) is 2.20. The molecule has 0 saturated carbocycles. The van der Waals surface area contributed by atoms with E-state index < -0.39 is 0 Å². The molecule has 0 fully saturated rings. The third-order valence-corrected chi connectivity index (χ3v) is 3.35. The Bertz CT molecular complexity index is 700. The largest absolute Gasteiger partial charge is 0.467 e. The van der Waals surface area contributed by atoms with Gasteiger partial charge in [0.05, 0.1) is 19.0 Å². The number of nitrogens with zero attached hydrogens (tertiary/aromatic N) is 3. The van der Waals surface area contributed by atoms with Crippen LogP contribution in [0, 0.1) is 0 Å². The minimum absolute atomic E-state index is 0.481. The number of furan rings is 1. The van der Waals surface area contributed by atoms with Crippen LogP contribution in [0.5, 0.6) is 0 Å². The van der Waals surface area contributed by atoms with E-state index in [0.29, 0.717) is 12.5 Å². The minimum Gasteiger partial charge on any atom is -0.467 e. The molecule has 0 aliphatic carbocycles. The summed E-state index contributed by atoms with van der Waals surface area (Å²) in [6.45, 7) is 1.37. The van der Waals surface area contributed by atoms with E-state index in [2.05, 4.69) is 50.1 Å². The quantitative estimate of drug-likeness (QED) is 0.623. The van der Waals surface area contributed by atoms with E-state index in [1.807, 2.05) is 18.2 Å². The second-order valence-corrected chi connectivity index (χ2v) is 5.11. The lowest BCUT2D eigenvalue weighted by atomic mass is 10.1. The lowest BCUT2D eigenvalue weighted by molar-refractivity contribution is 0.517. The Hall–Kier alpha value is -2.89. The van der Waals surface area contributed by atoms with Crippen LogP contribution >= 0.6 is 0 Å². The maximum Gasteiger partial charge on any atom is 0.245 e. The predicted molar refractivity (Wildman–Crippen MR) is 89.1 cm³/mol. The van der Waals surface area contributed by atoms with Crippen LogP contribution < -0.4 is 10.6 Å². The van der Waals surface area contributed by atoms with Crippen molar-refractivity contribution in [3.63, 3.8) is 0 Å². The van der Waals surface area contributed by atoms with Crippen molar-refractivity contribution in [1.29, 1.82) is 0 Å². The van der Waals surface area contributed by atoms with Crippen molar-refractivity contribution < 1.29 is 4.42 Å². The molecule has 2 N–H and O–H groups in total. The number of aryl methyl sites for hydroxylation is 1. The van der Waals surface area contributed by atoms with Crippen LogP contribution in [0.4, 0.5) is 11.8 Å². The maximum absolute atomic E-state index is 5.25. The highest BCUT2D eigenvalue weighted by molar-refractivity contribution is 5.37. The van der Waals surface area contributed by atoms with E-state index in [1.54, 1.807) is 12.5 Å². The van der Waals surface area contributed by atoms with E-state index in [4.69, 9.17) is 4.42 Å². The van der Waals surface area contributed by atoms with Gasteiger partial charge in [0, 0.05) is 6.54 Å². The SMILES string of the molecule is c1ccc(CCCNc2cnnc(NCc3ccco3)n2)cc1. The van der Waals surface area contributed by atoms with Gasteiger partial charge < -0.3 is 15.1 Å². The first kappa shape index (κ1) is 15.0. The topological polar surface area (TPSA) is 75.9 Å². The van der Waals surface area contributed by atoms with Gasteiger partial charge in [-0.2, -0.15) is 10.1 Å². The van der Waals surface area contributed by atoms with Gasteiger partial charge in [0.15, 0.2) is 0 Å². The number of aromatic nitrogens is 3. The van der Waals surface area contributed by atoms with Gasteiger partial charge in [-0.15, -0.1) is 5.10 Å². The Morgan fingerprint density at radius 1 is 1.00 bits per heavy atom. The maximum atomic E-state index is 5.25. The highest BCUT2D eigenvalue weighted by Gasteiger charge is 2.01. The number of benzene rings is 1. The average molecular weight is 309 g/mol. The molecule has 0 saturated heterocycles. The Morgan fingerprint density at radius 2 is 1.91 bits per heavy atom. The number of hydrogen-bond acceptors (Lipinski definition) is 6. The highest BCUT2D eigenvalue weighted by atomic mass is 16.3. The van der Waals surface area contributed by atoms with Gasteiger partial charge in [-0.3, -0.25) is 0 Å². The summed E-state index contributed by atoms with van der Waals surface area (Å²) in [6.07, 6.45) is 5.33. The second-order valence-electron chi connectivity index (χ2n) is 5.11. The molecule has 2 aromatic heterocycles. The number of nitrogens with one attached hydrogen (secondary N) is 2. The zero-order chi connectivity index (χ0) is 15.7. The van der Waals surface area contributed by atoms with Gasteiger partial charge >= 0.3 is 0 Å². The molecule has 3 rings (SSSR count). The van der Waals surface area contributed by atoms with Crippen LogP contribution in [-0.2, 0) is 13.0 Å². The first-order chi connectivity index (χ1) is 11.4. The van der Waals surface area contributed by atoms with Crippen LogP contribution in [0.2, 0.25) is 0 Å². The first-order valence-electron chi connectivity index (χ1n) is 7.64. The van der Waals surface area contributed by atoms with Crippen LogP contribution in [0.3, 0.4) is 0 Å². The van der Waals surface area contributed by atoms with Gasteiger partial charge in [-0.25, -0.2) is 0 Å². The molecule has 1 aromatic carbocycles. The van der Waals surface area contributed by atoms with E-state index in [1.165, 1.54) is 5.56 Å². The summed E-state index contributed by atoms with van der Waals surface area (Å²) < 4.78 is 5.25. The number of rotatable bonds is 8.